The van der Waals surface area contributed by atoms with Crippen LogP contribution in [-0.4, -0.2) is 5.16 Å². The van der Waals surface area contributed by atoms with Gasteiger partial charge in [0.05, 0.1) is 0 Å². The lowest BCUT2D eigenvalue weighted by molar-refractivity contribution is 0.214. The molecule has 0 fully saturated rings. The van der Waals surface area contributed by atoms with Gasteiger partial charge >= 0.3 is 0 Å². The number of hydrogen-bond donors (Lipinski definition) is 1. The molecule has 90 valence electrons. The summed E-state index contributed by atoms with van der Waals surface area (Å²) < 4.78 is 32.6. The van der Waals surface area contributed by atoms with E-state index in [4.69, 9.17) is 10.3 Å². The van der Waals surface area contributed by atoms with Gasteiger partial charge in [-0.05, 0) is 19.9 Å². The molecule has 1 heterocycles. The minimum atomic E-state index is -1.82. The zero-order chi connectivity index (χ0) is 12.6. The van der Waals surface area contributed by atoms with E-state index in [0.717, 1.165) is 0 Å². The Bertz CT molecular complexity index is 544. The Morgan fingerprint density at radius 3 is 2.59 bits per heavy atom. The summed E-state index contributed by atoms with van der Waals surface area (Å²) >= 11 is 0. The van der Waals surface area contributed by atoms with E-state index < -0.39 is 11.5 Å². The maximum atomic E-state index is 14.0. The molecule has 0 atom stereocenters. The molecule has 0 spiro atoms. The molecule has 0 aliphatic heterocycles. The Morgan fingerprint density at radius 1 is 1.35 bits per heavy atom. The predicted molar refractivity (Wildman–Crippen MR) is 60.4 cm³/mol. The molecular formula is C12H12F2N2O. The molecule has 5 heteroatoms. The van der Waals surface area contributed by atoms with E-state index in [1.54, 1.807) is 6.07 Å². The molecule has 0 radical (unpaired) electrons. The predicted octanol–water partition coefficient (Wildman–Crippen LogP) is 3.27. The maximum Gasteiger partial charge on any atom is 0.169 e. The molecular weight excluding hydrogens is 226 g/mol. The van der Waals surface area contributed by atoms with Crippen molar-refractivity contribution in [2.75, 3.05) is 5.73 Å². The lowest BCUT2D eigenvalue weighted by Gasteiger charge is -2.18. The summed E-state index contributed by atoms with van der Waals surface area (Å²) in [6, 6.07) is 5.70. The quantitative estimate of drug-likeness (QED) is 0.873. The molecule has 1 aromatic heterocycles. The molecule has 2 aromatic rings. The molecule has 3 nitrogen and oxygen atoms in total. The number of hydrogen-bond acceptors (Lipinski definition) is 3. The van der Waals surface area contributed by atoms with Gasteiger partial charge in [0.15, 0.2) is 11.6 Å². The summed E-state index contributed by atoms with van der Waals surface area (Å²) in [5, 5.41) is 3.50. The first kappa shape index (κ1) is 11.6. The molecule has 0 saturated heterocycles. The van der Waals surface area contributed by atoms with Gasteiger partial charge in [0.2, 0.25) is 0 Å². The largest absolute Gasteiger partial charge is 0.381 e. The van der Waals surface area contributed by atoms with E-state index in [2.05, 4.69) is 5.16 Å². The second kappa shape index (κ2) is 3.84. The molecule has 2 rings (SSSR count). The topological polar surface area (TPSA) is 52.0 Å². The summed E-state index contributed by atoms with van der Waals surface area (Å²) in [6.45, 7) is 2.57. The van der Waals surface area contributed by atoms with Gasteiger partial charge < -0.3 is 10.3 Å². The third kappa shape index (κ3) is 2.13. The number of nitrogen functional groups attached to an aromatic ring is 1. The van der Waals surface area contributed by atoms with Crippen LogP contribution in [0.1, 0.15) is 19.4 Å². The summed E-state index contributed by atoms with van der Waals surface area (Å²) in [4.78, 5) is 0. The lowest BCUT2D eigenvalue weighted by Crippen LogP contribution is -2.13. The van der Waals surface area contributed by atoms with Gasteiger partial charge in [0.25, 0.3) is 0 Å². The highest BCUT2D eigenvalue weighted by Crippen LogP contribution is 2.36. The Hall–Kier alpha value is -1.91. The Labute approximate surface area is 97.2 Å². The number of aromatic nitrogens is 1. The fourth-order valence-corrected chi connectivity index (χ4v) is 1.75. The Morgan fingerprint density at radius 2 is 2.06 bits per heavy atom. The van der Waals surface area contributed by atoms with E-state index >= 15 is 0 Å². The van der Waals surface area contributed by atoms with Gasteiger partial charge in [-0.15, -0.1) is 0 Å². The lowest BCUT2D eigenvalue weighted by atomic mass is 9.93. The second-order valence-corrected chi connectivity index (χ2v) is 4.25. The van der Waals surface area contributed by atoms with Crippen LogP contribution in [0, 0.1) is 5.82 Å². The van der Waals surface area contributed by atoms with Crippen LogP contribution in [-0.2, 0) is 5.67 Å². The SMILES string of the molecule is CC(C)(F)c1c(F)cccc1-c1cc(N)no1. The summed E-state index contributed by atoms with van der Waals surface area (Å²) in [5.74, 6) is -0.195. The summed E-state index contributed by atoms with van der Waals surface area (Å²) in [7, 11) is 0. The van der Waals surface area contributed by atoms with Crippen molar-refractivity contribution >= 4 is 5.82 Å². The minimum Gasteiger partial charge on any atom is -0.381 e. The van der Waals surface area contributed by atoms with Gasteiger partial charge in [-0.2, -0.15) is 0 Å². The van der Waals surface area contributed by atoms with E-state index in [9.17, 15) is 8.78 Å². The molecule has 0 unspecified atom stereocenters. The Balaban J connectivity index is 2.66. The number of nitrogens with two attached hydrogens (primary N) is 1. The third-order valence-corrected chi connectivity index (χ3v) is 2.40. The van der Waals surface area contributed by atoms with Crippen molar-refractivity contribution in [3.8, 4) is 11.3 Å². The van der Waals surface area contributed by atoms with Gasteiger partial charge in [0, 0.05) is 17.2 Å². The molecule has 2 N–H and O–H groups in total. The van der Waals surface area contributed by atoms with E-state index in [-0.39, 0.29) is 17.1 Å². The molecule has 17 heavy (non-hydrogen) atoms. The molecule has 0 aliphatic rings. The number of alkyl halides is 1. The van der Waals surface area contributed by atoms with E-state index in [1.807, 2.05) is 0 Å². The number of rotatable bonds is 2. The molecule has 1 aromatic carbocycles. The first-order valence-electron chi connectivity index (χ1n) is 5.10. The van der Waals surface area contributed by atoms with Crippen LogP contribution in [0.15, 0.2) is 28.8 Å². The van der Waals surface area contributed by atoms with Gasteiger partial charge in [-0.1, -0.05) is 17.3 Å². The van der Waals surface area contributed by atoms with Crippen LogP contribution in [0.3, 0.4) is 0 Å². The minimum absolute atomic E-state index is 0.0591. The zero-order valence-corrected chi connectivity index (χ0v) is 9.50. The average Bonchev–Trinajstić information content (AvgIpc) is 2.62. The van der Waals surface area contributed by atoms with Crippen molar-refractivity contribution in [1.82, 2.24) is 5.16 Å². The van der Waals surface area contributed by atoms with Crippen LogP contribution in [0.5, 0.6) is 0 Å². The average molecular weight is 238 g/mol. The van der Waals surface area contributed by atoms with Crippen LogP contribution in [0.25, 0.3) is 11.3 Å². The highest BCUT2D eigenvalue weighted by atomic mass is 19.1. The molecule has 0 bridgehead atoms. The zero-order valence-electron chi connectivity index (χ0n) is 9.50. The smallest absolute Gasteiger partial charge is 0.169 e. The maximum absolute atomic E-state index is 14.0. The van der Waals surface area contributed by atoms with Crippen molar-refractivity contribution in [1.29, 1.82) is 0 Å². The van der Waals surface area contributed by atoms with Crippen molar-refractivity contribution in [3.05, 3.63) is 35.6 Å². The summed E-state index contributed by atoms with van der Waals surface area (Å²) in [5.41, 5.74) is 3.87. The highest BCUT2D eigenvalue weighted by Gasteiger charge is 2.28. The fourth-order valence-electron chi connectivity index (χ4n) is 1.75. The normalized spacial score (nSPS) is 11.8. The Kier molecular flexibility index (Phi) is 2.61. The number of anilines is 1. The third-order valence-electron chi connectivity index (χ3n) is 2.40. The molecule has 0 saturated carbocycles. The van der Waals surface area contributed by atoms with Crippen molar-refractivity contribution in [2.24, 2.45) is 0 Å². The van der Waals surface area contributed by atoms with Crippen LogP contribution in [0.2, 0.25) is 0 Å². The monoisotopic (exact) mass is 238 g/mol. The van der Waals surface area contributed by atoms with E-state index in [0.29, 0.717) is 5.56 Å². The molecule has 0 aliphatic carbocycles. The fraction of sp³-hybridized carbons (Fsp3) is 0.250. The van der Waals surface area contributed by atoms with Crippen molar-refractivity contribution in [2.45, 2.75) is 19.5 Å². The van der Waals surface area contributed by atoms with Gasteiger partial charge in [0.1, 0.15) is 11.5 Å². The second-order valence-electron chi connectivity index (χ2n) is 4.25. The van der Waals surface area contributed by atoms with Crippen LogP contribution in [0.4, 0.5) is 14.6 Å². The van der Waals surface area contributed by atoms with Gasteiger partial charge in [-0.25, -0.2) is 8.78 Å². The summed E-state index contributed by atoms with van der Waals surface area (Å²) in [6.07, 6.45) is 0. The standard InChI is InChI=1S/C12H12F2N2O/c1-12(2,14)11-7(4-3-5-8(11)13)9-6-10(15)16-17-9/h3-6H,1-2H3,(H2,15,16). The first-order chi connectivity index (χ1) is 7.89. The number of halogens is 2. The van der Waals surface area contributed by atoms with Crippen molar-refractivity contribution < 1.29 is 13.3 Å². The highest BCUT2D eigenvalue weighted by molar-refractivity contribution is 5.65. The van der Waals surface area contributed by atoms with Crippen LogP contribution < -0.4 is 5.73 Å². The first-order valence-corrected chi connectivity index (χ1v) is 5.10. The van der Waals surface area contributed by atoms with E-state index in [1.165, 1.54) is 32.0 Å². The number of nitrogens with zero attached hydrogens (tertiary/aromatic N) is 1. The van der Waals surface area contributed by atoms with Gasteiger partial charge in [-0.3, -0.25) is 0 Å². The van der Waals surface area contributed by atoms with Crippen molar-refractivity contribution in [3.63, 3.8) is 0 Å². The molecule has 0 amide bonds. The van der Waals surface area contributed by atoms with Crippen LogP contribution >= 0.6 is 0 Å². The number of benzene rings is 1.